The first-order chi connectivity index (χ1) is 34.1. The second kappa shape index (κ2) is 29.2. The van der Waals surface area contributed by atoms with Crippen LogP contribution < -0.4 is 19.6 Å². The minimum atomic E-state index is 0. The molecule has 0 saturated carbocycles. The molecule has 0 saturated heterocycles. The van der Waals surface area contributed by atoms with Crippen LogP contribution in [0, 0.1) is 25.5 Å². The normalized spacial score (nSPS) is 12.2. The number of fused-ring (bicyclic) bond motifs is 2. The van der Waals surface area contributed by atoms with E-state index in [1.165, 1.54) is 29.1 Å². The SMILES string of the molecule is C(=Nc1ccccc1)[N-]c1cccc(SCCCCCSc2cccc([N-]C=Nc3ccccc3)c2)c1.CN1[CH-]N(c2[c-]cccc2)c2ncccc21.CN1[CH-]N(c2[c-]cccc2)c2ncccc21.[Pt].[Pt]. The van der Waals surface area contributed by atoms with Gasteiger partial charge in [0.05, 0.1) is 0 Å². The van der Waals surface area contributed by atoms with Crippen molar-refractivity contribution in [3.8, 4) is 0 Å². The van der Waals surface area contributed by atoms with E-state index in [2.05, 4.69) is 101 Å². The zero-order chi connectivity index (χ0) is 47.3. The van der Waals surface area contributed by atoms with Gasteiger partial charge >= 0.3 is 0 Å². The van der Waals surface area contributed by atoms with Crippen molar-refractivity contribution < 1.29 is 42.1 Å². The summed E-state index contributed by atoms with van der Waals surface area (Å²) in [6, 6.07) is 66.6. The summed E-state index contributed by atoms with van der Waals surface area (Å²) in [6.07, 6.45) is 10.5. The van der Waals surface area contributed by atoms with Gasteiger partial charge in [-0.1, -0.05) is 104 Å². The van der Waals surface area contributed by atoms with Gasteiger partial charge in [0.1, 0.15) is 11.6 Å². The fourth-order valence-electron chi connectivity index (χ4n) is 7.12. The molecule has 0 aliphatic carbocycles. The Balaban J connectivity index is 0.000000199. The number of hydrogen-bond acceptors (Lipinski definition) is 10. The summed E-state index contributed by atoms with van der Waals surface area (Å²) >= 11 is 3.78. The molecule has 0 bridgehead atoms. The Hall–Kier alpha value is -6.16. The van der Waals surface area contributed by atoms with Gasteiger partial charge in [-0.05, 0) is 110 Å². The Labute approximate surface area is 456 Å². The molecule has 71 heavy (non-hydrogen) atoms. The second-order valence-corrected chi connectivity index (χ2v) is 17.9. The summed E-state index contributed by atoms with van der Waals surface area (Å²) in [7, 11) is 4.03. The zero-order valence-corrected chi connectivity index (χ0v) is 45.4. The average Bonchev–Trinajstić information content (AvgIpc) is 3.93. The Kier molecular flexibility index (Phi) is 22.3. The molecule has 368 valence electrons. The quantitative estimate of drug-likeness (QED) is 0.0311. The van der Waals surface area contributed by atoms with E-state index in [0.717, 1.165) is 68.6 Å². The smallest absolute Gasteiger partial charge is 0.124 e. The third kappa shape index (κ3) is 16.4. The number of unbranched alkanes of at least 4 members (excludes halogenated alkanes) is 2. The van der Waals surface area contributed by atoms with Gasteiger partial charge in [-0.3, -0.25) is 0 Å². The van der Waals surface area contributed by atoms with Crippen molar-refractivity contribution in [1.29, 1.82) is 0 Å². The number of para-hydroxylation sites is 4. The number of rotatable bonds is 16. The molecule has 0 N–H and O–H groups in total. The third-order valence-electron chi connectivity index (χ3n) is 10.5. The Morgan fingerprint density at radius 2 is 0.944 bits per heavy atom. The largest absolute Gasteiger partial charge is 0.502 e. The fourth-order valence-corrected chi connectivity index (χ4v) is 9.05. The van der Waals surface area contributed by atoms with E-state index in [0.29, 0.717) is 0 Å². The standard InChI is InChI=1S/C31H30N4S2.2C13H11N3.2Pt/c1-4-12-26(13-5-1)32-24-34-28-16-10-18-30(22-28)36-20-8-3-9-21-37-31-19-11-17-29(23-31)35-25-33-27-14-6-2-7-15-27;2*1-15-10-16(11-6-3-2-4-7-11)13-12(15)8-5-9-14-13;;/h1-2,4-7,10-19,22-25H,3,8-9,20-21H2;2*2-6,8-10H,1H3;;/q3*-2;;. The van der Waals surface area contributed by atoms with E-state index >= 15 is 0 Å². The van der Waals surface area contributed by atoms with E-state index in [4.69, 9.17) is 0 Å². The molecule has 2 aromatic heterocycles. The van der Waals surface area contributed by atoms with Crippen LogP contribution in [0.15, 0.2) is 214 Å². The number of aromatic nitrogens is 2. The molecule has 10 rings (SSSR count). The molecule has 2 aliphatic rings. The zero-order valence-electron chi connectivity index (χ0n) is 39.2. The molecule has 2 aliphatic heterocycles. The first-order valence-electron chi connectivity index (χ1n) is 22.7. The number of anilines is 6. The number of nitrogens with zero attached hydrogens (tertiary/aromatic N) is 10. The molecule has 10 nitrogen and oxygen atoms in total. The Morgan fingerprint density at radius 1 is 0.507 bits per heavy atom. The van der Waals surface area contributed by atoms with Gasteiger partial charge in [0.25, 0.3) is 0 Å². The molecule has 4 heterocycles. The minimum Gasteiger partial charge on any atom is -0.502 e. The molecule has 14 heteroatoms. The first kappa shape index (κ1) is 54.2. The maximum atomic E-state index is 4.47. The molecular weight excluding hydrogens is 1280 g/mol. The molecule has 0 spiro atoms. The van der Waals surface area contributed by atoms with Crippen LogP contribution >= 0.6 is 23.5 Å². The van der Waals surface area contributed by atoms with Crippen LogP contribution in [-0.2, 0) is 42.1 Å². The molecule has 0 amide bonds. The van der Waals surface area contributed by atoms with Crippen molar-refractivity contribution in [3.05, 3.63) is 230 Å². The molecular formula is C57H52N10Pt2S2-6. The molecule has 8 aromatic rings. The van der Waals surface area contributed by atoms with Crippen molar-refractivity contribution >= 4 is 93.3 Å². The molecule has 6 aromatic carbocycles. The van der Waals surface area contributed by atoms with Crippen LogP contribution in [0.1, 0.15) is 19.3 Å². The van der Waals surface area contributed by atoms with E-state index < -0.39 is 0 Å². The van der Waals surface area contributed by atoms with Crippen molar-refractivity contribution in [2.45, 2.75) is 29.1 Å². The molecule has 0 unspecified atom stereocenters. The first-order valence-corrected chi connectivity index (χ1v) is 24.6. The van der Waals surface area contributed by atoms with Gasteiger partial charge in [0.15, 0.2) is 0 Å². The number of thioether (sulfide) groups is 2. The van der Waals surface area contributed by atoms with Gasteiger partial charge in [0.2, 0.25) is 0 Å². The van der Waals surface area contributed by atoms with Crippen LogP contribution in [0.2, 0.25) is 0 Å². The molecule has 0 fully saturated rings. The topological polar surface area (TPSA) is 91.7 Å². The van der Waals surface area contributed by atoms with E-state index in [9.17, 15) is 0 Å². The van der Waals surface area contributed by atoms with Crippen molar-refractivity contribution in [2.75, 3.05) is 45.2 Å². The third-order valence-corrected chi connectivity index (χ3v) is 12.7. The van der Waals surface area contributed by atoms with Crippen LogP contribution in [-0.4, -0.2) is 48.2 Å². The summed E-state index contributed by atoms with van der Waals surface area (Å²) in [5, 5.41) is 8.95. The van der Waals surface area contributed by atoms with Crippen LogP contribution in [0.4, 0.5) is 57.1 Å². The van der Waals surface area contributed by atoms with Crippen LogP contribution in [0.5, 0.6) is 0 Å². The van der Waals surface area contributed by atoms with Gasteiger partial charge in [-0.2, -0.15) is 74.0 Å². The molecule has 0 radical (unpaired) electrons. The van der Waals surface area contributed by atoms with Gasteiger partial charge in [-0.25, -0.2) is 9.97 Å². The predicted octanol–water partition coefficient (Wildman–Crippen LogP) is 15.6. The summed E-state index contributed by atoms with van der Waals surface area (Å²) in [5.41, 5.74) is 7.91. The summed E-state index contributed by atoms with van der Waals surface area (Å²) < 4.78 is 0. The summed E-state index contributed by atoms with van der Waals surface area (Å²) in [5.74, 6) is 4.13. The van der Waals surface area contributed by atoms with E-state index in [1.54, 1.807) is 12.7 Å². The van der Waals surface area contributed by atoms with Crippen LogP contribution in [0.25, 0.3) is 10.6 Å². The molecule has 0 atom stereocenters. The Morgan fingerprint density at radius 3 is 1.37 bits per heavy atom. The average molecular weight is 1330 g/mol. The maximum Gasteiger partial charge on any atom is 0.124 e. The maximum absolute atomic E-state index is 4.47. The van der Waals surface area contributed by atoms with Crippen molar-refractivity contribution in [2.24, 2.45) is 9.98 Å². The number of benzene rings is 6. The summed E-state index contributed by atoms with van der Waals surface area (Å²) in [6.45, 7) is 4.03. The second-order valence-electron chi connectivity index (χ2n) is 15.6. The van der Waals surface area contributed by atoms with Crippen LogP contribution in [0.3, 0.4) is 0 Å². The minimum absolute atomic E-state index is 0. The number of aliphatic imine (C=N–C) groups is 2. The fraction of sp³-hybridized carbons (Fsp3) is 0.123. The van der Waals surface area contributed by atoms with E-state index in [1.807, 2.05) is 207 Å². The summed E-state index contributed by atoms with van der Waals surface area (Å²) in [4.78, 5) is 28.2. The van der Waals surface area contributed by atoms with E-state index in [-0.39, 0.29) is 42.1 Å². The number of pyridine rings is 2. The Bertz CT molecular complexity index is 2650. The van der Waals surface area contributed by atoms with Crippen molar-refractivity contribution in [3.63, 3.8) is 0 Å². The number of hydrogen-bond donors (Lipinski definition) is 0. The van der Waals surface area contributed by atoms with Gasteiger partial charge in [0, 0.05) is 75.7 Å². The van der Waals surface area contributed by atoms with Gasteiger partial charge in [-0.15, -0.1) is 34.9 Å². The van der Waals surface area contributed by atoms with Crippen molar-refractivity contribution in [1.82, 2.24) is 9.97 Å². The monoisotopic (exact) mass is 1330 g/mol. The van der Waals surface area contributed by atoms with Gasteiger partial charge < -0.3 is 40.2 Å². The predicted molar refractivity (Wildman–Crippen MR) is 292 cm³/mol.